The van der Waals surface area contributed by atoms with Crippen molar-refractivity contribution in [3.8, 4) is 0 Å². The maximum atomic E-state index is 12.6. The van der Waals surface area contributed by atoms with Gasteiger partial charge in [-0.1, -0.05) is 41.4 Å². The number of anilines is 1. The van der Waals surface area contributed by atoms with Gasteiger partial charge in [0.15, 0.2) is 5.78 Å². The van der Waals surface area contributed by atoms with Crippen molar-refractivity contribution in [2.75, 3.05) is 11.9 Å². The van der Waals surface area contributed by atoms with Gasteiger partial charge in [-0.2, -0.15) is 0 Å². The summed E-state index contributed by atoms with van der Waals surface area (Å²) in [7, 11) is 0. The molecule has 2 aromatic carbocycles. The lowest BCUT2D eigenvalue weighted by Gasteiger charge is -2.10. The Morgan fingerprint density at radius 3 is 2.79 bits per heavy atom. The monoisotopic (exact) mass is 291 g/mol. The van der Waals surface area contributed by atoms with Crippen molar-refractivity contribution in [1.82, 2.24) is 0 Å². The molecule has 3 rings (SSSR count). The van der Waals surface area contributed by atoms with Gasteiger partial charge in [0.25, 0.3) is 0 Å². The van der Waals surface area contributed by atoms with Gasteiger partial charge in [0.05, 0.1) is 10.9 Å². The van der Waals surface area contributed by atoms with Gasteiger partial charge in [0.2, 0.25) is 0 Å². The van der Waals surface area contributed by atoms with E-state index in [1.807, 2.05) is 24.3 Å². The van der Waals surface area contributed by atoms with E-state index < -0.39 is 0 Å². The molecule has 1 N–H and O–H groups in total. The van der Waals surface area contributed by atoms with Gasteiger partial charge in [-0.15, -0.1) is 0 Å². The van der Waals surface area contributed by atoms with Gasteiger partial charge >= 0.3 is 0 Å². The minimum absolute atomic E-state index is 0.00458. The summed E-state index contributed by atoms with van der Waals surface area (Å²) < 4.78 is 0. The second-order valence-corrected chi connectivity index (χ2v) is 5.35. The molecule has 4 heteroatoms. The van der Waals surface area contributed by atoms with Gasteiger partial charge < -0.3 is 5.32 Å². The van der Waals surface area contributed by atoms with Crippen LogP contribution in [0.5, 0.6) is 0 Å². The first kappa shape index (κ1) is 12.5. The number of rotatable bonds is 2. The summed E-state index contributed by atoms with van der Waals surface area (Å²) in [4.78, 5) is 12.6. The number of Topliss-reactive ketones (excluding diaryl/α,β-unsaturated/α-hetero) is 1. The third kappa shape index (κ3) is 2.22. The molecule has 0 saturated carbocycles. The number of hydrogen-bond donors (Lipinski definition) is 1. The standard InChI is InChI=1S/C15H11Cl2NO/c16-9-5-6-13(17)11(7-9)15(19)12-8-18-14-4-2-1-3-10(12)14/h1-7,12,18H,8H2. The Bertz CT molecular complexity index is 654. The molecule has 0 bridgehead atoms. The van der Waals surface area contributed by atoms with Crippen LogP contribution >= 0.6 is 23.2 Å². The number of benzene rings is 2. The Balaban J connectivity index is 2.00. The first-order chi connectivity index (χ1) is 9.16. The van der Waals surface area contributed by atoms with E-state index in [1.54, 1.807) is 18.2 Å². The smallest absolute Gasteiger partial charge is 0.173 e. The van der Waals surface area contributed by atoms with E-state index >= 15 is 0 Å². The zero-order chi connectivity index (χ0) is 13.4. The molecule has 19 heavy (non-hydrogen) atoms. The van der Waals surface area contributed by atoms with E-state index in [9.17, 15) is 4.79 Å². The second kappa shape index (κ2) is 4.87. The SMILES string of the molecule is O=C(c1cc(Cl)ccc1Cl)C1CNc2ccccc21. The number of para-hydroxylation sites is 1. The van der Waals surface area contributed by atoms with Gasteiger partial charge in [-0.3, -0.25) is 4.79 Å². The number of halogens is 2. The van der Waals surface area contributed by atoms with Crippen LogP contribution in [-0.4, -0.2) is 12.3 Å². The number of carbonyl (C=O) groups excluding carboxylic acids is 1. The Hall–Kier alpha value is -1.51. The average Bonchev–Trinajstić information content (AvgIpc) is 2.84. The quantitative estimate of drug-likeness (QED) is 0.832. The Kier molecular flexibility index (Phi) is 3.21. The Morgan fingerprint density at radius 2 is 1.95 bits per heavy atom. The van der Waals surface area contributed by atoms with E-state index in [1.165, 1.54) is 0 Å². The first-order valence-corrected chi connectivity index (χ1v) is 6.74. The van der Waals surface area contributed by atoms with E-state index in [2.05, 4.69) is 5.32 Å². The van der Waals surface area contributed by atoms with E-state index in [-0.39, 0.29) is 11.7 Å². The summed E-state index contributed by atoms with van der Waals surface area (Å²) >= 11 is 12.0. The van der Waals surface area contributed by atoms with Crippen molar-refractivity contribution in [1.29, 1.82) is 0 Å². The minimum atomic E-state index is -0.202. The molecule has 1 atom stereocenters. The lowest BCUT2D eigenvalue weighted by atomic mass is 9.92. The lowest BCUT2D eigenvalue weighted by molar-refractivity contribution is 0.0966. The molecular weight excluding hydrogens is 281 g/mol. The Labute approximate surface area is 121 Å². The highest BCUT2D eigenvalue weighted by atomic mass is 35.5. The zero-order valence-electron chi connectivity index (χ0n) is 9.99. The molecule has 2 nitrogen and oxygen atoms in total. The minimum Gasteiger partial charge on any atom is -0.384 e. The molecule has 1 aliphatic rings. The molecule has 0 aliphatic carbocycles. The maximum Gasteiger partial charge on any atom is 0.173 e. The van der Waals surface area contributed by atoms with Crippen LogP contribution in [0.2, 0.25) is 10.0 Å². The van der Waals surface area contributed by atoms with Crippen LogP contribution in [-0.2, 0) is 0 Å². The third-order valence-electron chi connectivity index (χ3n) is 3.34. The summed E-state index contributed by atoms with van der Waals surface area (Å²) in [5.74, 6) is -0.197. The summed E-state index contributed by atoms with van der Waals surface area (Å²) in [6, 6.07) is 12.8. The first-order valence-electron chi connectivity index (χ1n) is 5.99. The summed E-state index contributed by atoms with van der Waals surface area (Å²) in [6.07, 6.45) is 0. The van der Waals surface area contributed by atoms with Crippen molar-refractivity contribution in [3.05, 3.63) is 63.6 Å². The molecule has 0 spiro atoms. The van der Waals surface area contributed by atoms with Gasteiger partial charge in [0.1, 0.15) is 0 Å². The van der Waals surface area contributed by atoms with Crippen LogP contribution < -0.4 is 5.32 Å². The number of ketones is 1. The second-order valence-electron chi connectivity index (χ2n) is 4.51. The summed E-state index contributed by atoms with van der Waals surface area (Å²) in [5, 5.41) is 4.20. The van der Waals surface area contributed by atoms with Gasteiger partial charge in [-0.25, -0.2) is 0 Å². The third-order valence-corrected chi connectivity index (χ3v) is 3.91. The van der Waals surface area contributed by atoms with Crippen molar-refractivity contribution >= 4 is 34.7 Å². The fraction of sp³-hybridized carbons (Fsp3) is 0.133. The fourth-order valence-electron chi connectivity index (χ4n) is 2.39. The fourth-order valence-corrected chi connectivity index (χ4v) is 2.77. The van der Waals surface area contributed by atoms with Crippen LogP contribution in [0.3, 0.4) is 0 Å². The van der Waals surface area contributed by atoms with Crippen molar-refractivity contribution in [3.63, 3.8) is 0 Å². The Morgan fingerprint density at radius 1 is 1.16 bits per heavy atom. The molecule has 1 unspecified atom stereocenters. The summed E-state index contributed by atoms with van der Waals surface area (Å²) in [5.41, 5.74) is 2.51. The van der Waals surface area contributed by atoms with Crippen LogP contribution in [0.4, 0.5) is 5.69 Å². The molecule has 0 aromatic heterocycles. The van der Waals surface area contributed by atoms with Crippen molar-refractivity contribution in [2.24, 2.45) is 0 Å². The van der Waals surface area contributed by atoms with Crippen molar-refractivity contribution < 1.29 is 4.79 Å². The highest BCUT2D eigenvalue weighted by molar-refractivity contribution is 6.36. The average molecular weight is 292 g/mol. The molecular formula is C15H11Cl2NO. The molecule has 0 amide bonds. The molecule has 96 valence electrons. The van der Waals surface area contributed by atoms with Gasteiger partial charge in [0, 0.05) is 22.8 Å². The number of hydrogen-bond acceptors (Lipinski definition) is 2. The predicted molar refractivity (Wildman–Crippen MR) is 78.5 cm³/mol. The molecule has 2 aromatic rings. The molecule has 0 saturated heterocycles. The van der Waals surface area contributed by atoms with Crippen LogP contribution in [0.25, 0.3) is 0 Å². The largest absolute Gasteiger partial charge is 0.384 e. The van der Waals surface area contributed by atoms with Crippen LogP contribution in [0, 0.1) is 0 Å². The van der Waals surface area contributed by atoms with E-state index in [4.69, 9.17) is 23.2 Å². The summed E-state index contributed by atoms with van der Waals surface area (Å²) in [6.45, 7) is 0.598. The highest BCUT2D eigenvalue weighted by Crippen LogP contribution is 2.35. The number of fused-ring (bicyclic) bond motifs is 1. The van der Waals surface area contributed by atoms with Crippen molar-refractivity contribution in [2.45, 2.75) is 5.92 Å². The highest BCUT2D eigenvalue weighted by Gasteiger charge is 2.29. The maximum absolute atomic E-state index is 12.6. The molecule has 1 aliphatic heterocycles. The molecule has 0 radical (unpaired) electrons. The molecule has 0 fully saturated rings. The number of carbonyl (C=O) groups is 1. The molecule has 1 heterocycles. The van der Waals surface area contributed by atoms with Gasteiger partial charge in [-0.05, 0) is 29.8 Å². The lowest BCUT2D eigenvalue weighted by Crippen LogP contribution is -2.15. The number of nitrogens with one attached hydrogen (secondary N) is 1. The van der Waals surface area contributed by atoms with E-state index in [0.717, 1.165) is 11.3 Å². The zero-order valence-corrected chi connectivity index (χ0v) is 11.5. The van der Waals surface area contributed by atoms with Crippen LogP contribution in [0.1, 0.15) is 21.8 Å². The van der Waals surface area contributed by atoms with E-state index in [0.29, 0.717) is 22.2 Å². The topological polar surface area (TPSA) is 29.1 Å². The predicted octanol–water partition coefficient (Wildman–Crippen LogP) is 4.39. The normalized spacial score (nSPS) is 16.8. The van der Waals surface area contributed by atoms with Crippen LogP contribution in [0.15, 0.2) is 42.5 Å².